The van der Waals surface area contributed by atoms with Crippen LogP contribution in [-0.4, -0.2) is 38.5 Å². The van der Waals surface area contributed by atoms with Crippen LogP contribution in [0.2, 0.25) is 0 Å². The Morgan fingerprint density at radius 3 is 2.51 bits per heavy atom. The van der Waals surface area contributed by atoms with Gasteiger partial charge in [-0.2, -0.15) is 4.98 Å². The topological polar surface area (TPSA) is 122 Å². The minimum Gasteiger partial charge on any atom is -0.486 e. The van der Waals surface area contributed by atoms with Gasteiger partial charge in [-0.05, 0) is 48.4 Å². The number of primary sulfonamides is 1. The van der Waals surface area contributed by atoms with Gasteiger partial charge in [0.15, 0.2) is 0 Å². The van der Waals surface area contributed by atoms with E-state index in [9.17, 15) is 17.2 Å². The fraction of sp³-hybridized carbons (Fsp3) is 0.185. The number of aryl methyl sites for hydroxylation is 1. The third-order valence-corrected chi connectivity index (χ3v) is 6.68. The molecule has 0 radical (unpaired) electrons. The number of anilines is 5. The Morgan fingerprint density at radius 2 is 1.79 bits per heavy atom. The Bertz CT molecular complexity index is 1540. The van der Waals surface area contributed by atoms with Crippen molar-refractivity contribution < 1.29 is 21.9 Å². The second-order valence-electron chi connectivity index (χ2n) is 8.74. The number of benzene rings is 3. The number of rotatable bonds is 11. The van der Waals surface area contributed by atoms with Crippen molar-refractivity contribution in [3.63, 3.8) is 0 Å². The molecule has 9 nitrogen and oxygen atoms in total. The third kappa shape index (κ3) is 7.39. The van der Waals surface area contributed by atoms with Crippen molar-refractivity contribution >= 4 is 38.9 Å². The molecule has 3 aromatic carbocycles. The minimum absolute atomic E-state index is 0.0223. The molecular weight excluding hydrogens is 526 g/mol. The Labute approximate surface area is 225 Å². The van der Waals surface area contributed by atoms with Crippen molar-refractivity contribution in [2.24, 2.45) is 5.14 Å². The fourth-order valence-electron chi connectivity index (χ4n) is 3.97. The van der Waals surface area contributed by atoms with Crippen molar-refractivity contribution in [3.05, 3.63) is 90.1 Å². The highest BCUT2D eigenvalue weighted by Gasteiger charge is 2.22. The summed E-state index contributed by atoms with van der Waals surface area (Å²) in [6.45, 7) is 1.78. The Kier molecular flexibility index (Phi) is 8.57. The van der Waals surface area contributed by atoms with Gasteiger partial charge < -0.3 is 20.3 Å². The molecule has 0 bridgehead atoms. The summed E-state index contributed by atoms with van der Waals surface area (Å²) < 4.78 is 54.8. The third-order valence-electron chi connectivity index (χ3n) is 5.69. The number of nitrogens with one attached hydrogen (secondary N) is 2. The molecule has 0 fully saturated rings. The van der Waals surface area contributed by atoms with Gasteiger partial charge in [0.2, 0.25) is 16.0 Å². The van der Waals surface area contributed by atoms with Crippen LogP contribution in [0, 0.1) is 6.92 Å². The van der Waals surface area contributed by atoms with Crippen LogP contribution in [0.3, 0.4) is 0 Å². The lowest BCUT2D eigenvalue weighted by Gasteiger charge is -2.22. The van der Waals surface area contributed by atoms with Crippen LogP contribution in [0.5, 0.6) is 5.75 Å². The standard InChI is InChI=1S/C27H28F2N6O3S/c1-18-11-12-20(15-22(18)35(2)16-19-7-4-3-5-8-19)32-27-31-14-13-25(34-27)33-21-9-6-10-23(38-17-24(28)29)26(21)39(30,36)37/h3-15,24H,16-17H2,1-2H3,(H2,30,36,37)(H2,31,32,33,34). The van der Waals surface area contributed by atoms with Crippen molar-refractivity contribution in [3.8, 4) is 5.75 Å². The number of hydrogen-bond acceptors (Lipinski definition) is 8. The zero-order valence-electron chi connectivity index (χ0n) is 21.3. The van der Waals surface area contributed by atoms with E-state index in [1.165, 1.54) is 36.0 Å². The first kappa shape index (κ1) is 27.7. The van der Waals surface area contributed by atoms with E-state index in [2.05, 4.69) is 37.6 Å². The van der Waals surface area contributed by atoms with Crippen LogP contribution >= 0.6 is 0 Å². The zero-order valence-corrected chi connectivity index (χ0v) is 22.1. The number of sulfonamides is 1. The number of nitrogens with zero attached hydrogens (tertiary/aromatic N) is 3. The van der Waals surface area contributed by atoms with E-state index < -0.39 is 28.0 Å². The molecule has 0 aliphatic carbocycles. The van der Waals surface area contributed by atoms with Gasteiger partial charge >= 0.3 is 0 Å². The number of aromatic nitrogens is 2. The highest BCUT2D eigenvalue weighted by Crippen LogP contribution is 2.33. The summed E-state index contributed by atoms with van der Waals surface area (Å²) in [7, 11) is -2.31. The molecule has 1 heterocycles. The molecule has 0 saturated carbocycles. The zero-order chi connectivity index (χ0) is 28.0. The van der Waals surface area contributed by atoms with Crippen molar-refractivity contribution in [1.29, 1.82) is 0 Å². The molecular formula is C27H28F2N6O3S. The van der Waals surface area contributed by atoms with E-state index in [0.29, 0.717) is 0 Å². The van der Waals surface area contributed by atoms with Crippen LogP contribution in [0.4, 0.5) is 37.6 Å². The second kappa shape index (κ2) is 12.0. The molecule has 1 aromatic heterocycles. The lowest BCUT2D eigenvalue weighted by atomic mass is 10.1. The predicted molar refractivity (Wildman–Crippen MR) is 148 cm³/mol. The molecule has 4 rings (SSSR count). The highest BCUT2D eigenvalue weighted by molar-refractivity contribution is 7.89. The molecule has 39 heavy (non-hydrogen) atoms. The van der Waals surface area contributed by atoms with Gasteiger partial charge in [0.25, 0.3) is 6.43 Å². The van der Waals surface area contributed by atoms with E-state index in [4.69, 9.17) is 9.88 Å². The summed E-state index contributed by atoms with van der Waals surface area (Å²) in [5.74, 6) is 0.210. The predicted octanol–water partition coefficient (Wildman–Crippen LogP) is 5.20. The Hall–Kier alpha value is -4.29. The van der Waals surface area contributed by atoms with E-state index in [0.717, 1.165) is 23.5 Å². The average Bonchev–Trinajstić information content (AvgIpc) is 2.88. The van der Waals surface area contributed by atoms with Gasteiger partial charge in [-0.15, -0.1) is 0 Å². The van der Waals surface area contributed by atoms with Gasteiger partial charge in [0.1, 0.15) is 23.1 Å². The summed E-state index contributed by atoms with van der Waals surface area (Å²) in [5.41, 5.74) is 4.08. The van der Waals surface area contributed by atoms with Crippen molar-refractivity contribution in [2.45, 2.75) is 24.8 Å². The molecule has 0 unspecified atom stereocenters. The van der Waals surface area contributed by atoms with Crippen LogP contribution in [0.1, 0.15) is 11.1 Å². The molecule has 4 aromatic rings. The quantitative estimate of drug-likeness (QED) is 0.231. The van der Waals surface area contributed by atoms with Crippen LogP contribution < -0.4 is 25.4 Å². The molecule has 0 amide bonds. The maximum atomic E-state index is 12.7. The van der Waals surface area contributed by atoms with E-state index in [1.807, 2.05) is 50.4 Å². The normalized spacial score (nSPS) is 11.3. The average molecular weight is 555 g/mol. The summed E-state index contributed by atoms with van der Waals surface area (Å²) in [6, 6.07) is 21.7. The van der Waals surface area contributed by atoms with E-state index >= 15 is 0 Å². The van der Waals surface area contributed by atoms with Gasteiger partial charge in [-0.3, -0.25) is 0 Å². The molecule has 0 aliphatic heterocycles. The molecule has 0 saturated heterocycles. The molecule has 204 valence electrons. The number of hydrogen-bond donors (Lipinski definition) is 3. The van der Waals surface area contributed by atoms with E-state index in [1.54, 1.807) is 0 Å². The van der Waals surface area contributed by atoms with Crippen molar-refractivity contribution in [1.82, 2.24) is 9.97 Å². The number of halogens is 2. The maximum absolute atomic E-state index is 12.7. The van der Waals surface area contributed by atoms with Crippen molar-refractivity contribution in [2.75, 3.05) is 29.2 Å². The van der Waals surface area contributed by atoms with Crippen LogP contribution in [-0.2, 0) is 16.6 Å². The molecule has 0 atom stereocenters. The summed E-state index contributed by atoms with van der Waals surface area (Å²) in [5, 5.41) is 11.4. The maximum Gasteiger partial charge on any atom is 0.272 e. The van der Waals surface area contributed by atoms with Gasteiger partial charge in [-0.1, -0.05) is 42.5 Å². The number of alkyl halides is 2. The smallest absolute Gasteiger partial charge is 0.272 e. The van der Waals surface area contributed by atoms with Crippen LogP contribution in [0.25, 0.3) is 0 Å². The summed E-state index contributed by atoms with van der Waals surface area (Å²) >= 11 is 0. The SMILES string of the molecule is Cc1ccc(Nc2nccc(Nc3cccc(OCC(F)F)c3S(N)(=O)=O)n2)cc1N(C)Cc1ccccc1. The van der Waals surface area contributed by atoms with Gasteiger partial charge in [0, 0.05) is 31.2 Å². The lowest BCUT2D eigenvalue weighted by Crippen LogP contribution is -2.17. The van der Waals surface area contributed by atoms with Gasteiger partial charge in [0.05, 0.1) is 5.69 Å². The Balaban J connectivity index is 1.55. The van der Waals surface area contributed by atoms with Gasteiger partial charge in [-0.25, -0.2) is 27.3 Å². The monoisotopic (exact) mass is 554 g/mol. The summed E-state index contributed by atoms with van der Waals surface area (Å²) in [6.07, 6.45) is -1.30. The van der Waals surface area contributed by atoms with Crippen LogP contribution in [0.15, 0.2) is 83.9 Å². The molecule has 0 spiro atoms. The minimum atomic E-state index is -4.33. The highest BCUT2D eigenvalue weighted by atomic mass is 32.2. The first-order valence-corrected chi connectivity index (χ1v) is 13.4. The summed E-state index contributed by atoms with van der Waals surface area (Å²) in [4.78, 5) is 10.4. The van der Waals surface area contributed by atoms with E-state index in [-0.39, 0.29) is 23.2 Å². The molecule has 12 heteroatoms. The second-order valence-corrected chi connectivity index (χ2v) is 10.2. The Morgan fingerprint density at radius 1 is 1.03 bits per heavy atom. The largest absolute Gasteiger partial charge is 0.486 e. The molecule has 4 N–H and O–H groups in total. The first-order valence-electron chi connectivity index (χ1n) is 11.9. The molecule has 0 aliphatic rings. The number of nitrogens with two attached hydrogens (primary N) is 1. The lowest BCUT2D eigenvalue weighted by molar-refractivity contribution is 0.0805. The first-order chi connectivity index (χ1) is 18.6. The number of ether oxygens (including phenoxy) is 1. The fourth-order valence-corrected chi connectivity index (χ4v) is 4.80.